The van der Waals surface area contributed by atoms with Crippen LogP contribution in [0.2, 0.25) is 0 Å². The summed E-state index contributed by atoms with van der Waals surface area (Å²) >= 11 is 0. The summed E-state index contributed by atoms with van der Waals surface area (Å²) in [5, 5.41) is 0. The summed E-state index contributed by atoms with van der Waals surface area (Å²) in [7, 11) is 0. The van der Waals surface area contributed by atoms with E-state index in [0.29, 0.717) is 11.8 Å². The van der Waals surface area contributed by atoms with Gasteiger partial charge in [0.2, 0.25) is 5.91 Å². The molecular weight excluding hydrogens is 373 g/mol. The summed E-state index contributed by atoms with van der Waals surface area (Å²) in [6.45, 7) is -0.140. The lowest BCUT2D eigenvalue weighted by Gasteiger charge is -2.22. The SMILES string of the molecule is O=C(Cn1cccc(C(F)(F)F)c1=O)N(Cc1ccccc1)Cc1ccco1. The molecule has 1 aromatic carbocycles. The number of rotatable bonds is 6. The molecule has 8 heteroatoms. The van der Waals surface area contributed by atoms with Crippen LogP contribution in [0.5, 0.6) is 0 Å². The molecule has 5 nitrogen and oxygen atoms in total. The maximum absolute atomic E-state index is 12.9. The Bertz CT molecular complexity index is 980. The van der Waals surface area contributed by atoms with Gasteiger partial charge in [0.1, 0.15) is 17.9 Å². The van der Waals surface area contributed by atoms with Crippen LogP contribution in [0, 0.1) is 0 Å². The van der Waals surface area contributed by atoms with Gasteiger partial charge in [-0.25, -0.2) is 0 Å². The van der Waals surface area contributed by atoms with Gasteiger partial charge in [0.15, 0.2) is 0 Å². The highest BCUT2D eigenvalue weighted by atomic mass is 19.4. The zero-order valence-electron chi connectivity index (χ0n) is 14.7. The third-order valence-electron chi connectivity index (χ3n) is 4.13. The Morgan fingerprint density at radius 3 is 2.39 bits per heavy atom. The Balaban J connectivity index is 1.84. The van der Waals surface area contributed by atoms with Gasteiger partial charge in [0.05, 0.1) is 12.8 Å². The number of carbonyl (C=O) groups excluding carboxylic acids is 1. The predicted molar refractivity (Wildman–Crippen MR) is 95.1 cm³/mol. The standard InChI is InChI=1S/C20H17F3N2O3/c21-20(22,23)17-9-4-10-24(19(17)27)14-18(26)25(13-16-8-5-11-28-16)12-15-6-2-1-3-7-15/h1-11H,12-14H2. The van der Waals surface area contributed by atoms with Gasteiger partial charge in [-0.1, -0.05) is 30.3 Å². The van der Waals surface area contributed by atoms with Gasteiger partial charge in [0.25, 0.3) is 5.56 Å². The molecule has 0 unspecified atom stereocenters. The van der Waals surface area contributed by atoms with Crippen LogP contribution < -0.4 is 5.56 Å². The summed E-state index contributed by atoms with van der Waals surface area (Å²) in [6.07, 6.45) is -2.14. The first-order valence-corrected chi connectivity index (χ1v) is 8.45. The van der Waals surface area contributed by atoms with Crippen LogP contribution in [0.3, 0.4) is 0 Å². The van der Waals surface area contributed by atoms with E-state index in [-0.39, 0.29) is 13.1 Å². The number of pyridine rings is 1. The second-order valence-corrected chi connectivity index (χ2v) is 6.17. The van der Waals surface area contributed by atoms with Crippen LogP contribution in [-0.4, -0.2) is 15.4 Å². The lowest BCUT2D eigenvalue weighted by atomic mass is 10.2. The normalized spacial score (nSPS) is 11.4. The van der Waals surface area contributed by atoms with E-state index in [4.69, 9.17) is 4.42 Å². The monoisotopic (exact) mass is 390 g/mol. The number of nitrogens with zero attached hydrogens (tertiary/aromatic N) is 2. The highest BCUT2D eigenvalue weighted by molar-refractivity contribution is 5.76. The van der Waals surface area contributed by atoms with E-state index in [2.05, 4.69) is 0 Å². The highest BCUT2D eigenvalue weighted by Crippen LogP contribution is 2.26. The maximum atomic E-state index is 12.9. The largest absolute Gasteiger partial charge is 0.467 e. The number of benzene rings is 1. The molecule has 0 atom stereocenters. The predicted octanol–water partition coefficient (Wildman–Crippen LogP) is 3.69. The second-order valence-electron chi connectivity index (χ2n) is 6.17. The van der Waals surface area contributed by atoms with Crippen LogP contribution in [0.1, 0.15) is 16.9 Å². The molecule has 0 aliphatic rings. The molecule has 0 fully saturated rings. The summed E-state index contributed by atoms with van der Waals surface area (Å²) in [4.78, 5) is 26.3. The minimum atomic E-state index is -4.78. The summed E-state index contributed by atoms with van der Waals surface area (Å²) in [5.74, 6) is 0.0300. The fourth-order valence-corrected chi connectivity index (χ4v) is 2.75. The van der Waals surface area contributed by atoms with Crippen LogP contribution in [-0.2, 0) is 30.6 Å². The average Bonchev–Trinajstić information content (AvgIpc) is 3.16. The minimum Gasteiger partial charge on any atom is -0.467 e. The number of carbonyl (C=O) groups is 1. The van der Waals surface area contributed by atoms with E-state index >= 15 is 0 Å². The van der Waals surface area contributed by atoms with Crippen molar-refractivity contribution in [2.45, 2.75) is 25.8 Å². The lowest BCUT2D eigenvalue weighted by Crippen LogP contribution is -2.37. The van der Waals surface area contributed by atoms with E-state index in [1.807, 2.05) is 30.3 Å². The number of furan rings is 1. The van der Waals surface area contributed by atoms with Gasteiger partial charge in [0, 0.05) is 12.7 Å². The van der Waals surface area contributed by atoms with Crippen molar-refractivity contribution in [3.05, 3.63) is 94.3 Å². The van der Waals surface area contributed by atoms with Gasteiger partial charge < -0.3 is 13.9 Å². The van der Waals surface area contributed by atoms with Crippen molar-refractivity contribution in [2.24, 2.45) is 0 Å². The molecule has 0 aliphatic carbocycles. The topological polar surface area (TPSA) is 55.5 Å². The summed E-state index contributed by atoms with van der Waals surface area (Å²) in [6, 6.07) is 14.3. The molecule has 0 saturated heterocycles. The van der Waals surface area contributed by atoms with Gasteiger partial charge in [-0.2, -0.15) is 13.2 Å². The number of alkyl halides is 3. The van der Waals surface area contributed by atoms with Crippen LogP contribution >= 0.6 is 0 Å². The Kier molecular flexibility index (Phi) is 5.67. The highest BCUT2D eigenvalue weighted by Gasteiger charge is 2.34. The summed E-state index contributed by atoms with van der Waals surface area (Å²) < 4.78 is 44.9. The molecule has 0 bridgehead atoms. The first-order chi connectivity index (χ1) is 13.3. The van der Waals surface area contributed by atoms with Crippen molar-refractivity contribution in [3.63, 3.8) is 0 Å². The molecule has 0 N–H and O–H groups in total. The van der Waals surface area contributed by atoms with E-state index in [1.54, 1.807) is 12.1 Å². The molecule has 1 amide bonds. The molecule has 2 aromatic heterocycles. The van der Waals surface area contributed by atoms with Gasteiger partial charge in [-0.15, -0.1) is 0 Å². The maximum Gasteiger partial charge on any atom is 0.421 e. The van der Waals surface area contributed by atoms with Crippen molar-refractivity contribution >= 4 is 5.91 Å². The first kappa shape index (κ1) is 19.5. The van der Waals surface area contributed by atoms with Crippen LogP contribution in [0.4, 0.5) is 13.2 Å². The van der Waals surface area contributed by atoms with Crippen LogP contribution in [0.25, 0.3) is 0 Å². The molecule has 0 saturated carbocycles. The number of amides is 1. The lowest BCUT2D eigenvalue weighted by molar-refractivity contribution is -0.139. The number of hydrogen-bond acceptors (Lipinski definition) is 3. The molecule has 0 radical (unpaired) electrons. The Hall–Kier alpha value is -3.29. The van der Waals surface area contributed by atoms with Crippen molar-refractivity contribution in [1.82, 2.24) is 9.47 Å². The van der Waals surface area contributed by atoms with Crippen molar-refractivity contribution in [2.75, 3.05) is 0 Å². The third kappa shape index (κ3) is 4.70. The zero-order valence-corrected chi connectivity index (χ0v) is 14.7. The molecule has 3 rings (SSSR count). The molecule has 0 spiro atoms. The minimum absolute atomic E-state index is 0.133. The number of aromatic nitrogens is 1. The average molecular weight is 390 g/mol. The molecule has 146 valence electrons. The Morgan fingerprint density at radius 2 is 1.75 bits per heavy atom. The molecular formula is C20H17F3N2O3. The quantitative estimate of drug-likeness (QED) is 0.645. The first-order valence-electron chi connectivity index (χ1n) is 8.45. The number of hydrogen-bond donors (Lipinski definition) is 0. The molecule has 28 heavy (non-hydrogen) atoms. The fraction of sp³-hybridized carbons (Fsp3) is 0.200. The third-order valence-corrected chi connectivity index (χ3v) is 4.13. The van der Waals surface area contributed by atoms with E-state index in [0.717, 1.165) is 16.2 Å². The second kappa shape index (κ2) is 8.16. The van der Waals surface area contributed by atoms with Crippen molar-refractivity contribution in [3.8, 4) is 0 Å². The Morgan fingerprint density at radius 1 is 1.00 bits per heavy atom. The fourth-order valence-electron chi connectivity index (χ4n) is 2.75. The van der Waals surface area contributed by atoms with Crippen molar-refractivity contribution in [1.29, 1.82) is 0 Å². The smallest absolute Gasteiger partial charge is 0.421 e. The number of halogens is 3. The van der Waals surface area contributed by atoms with Crippen molar-refractivity contribution < 1.29 is 22.4 Å². The molecule has 2 heterocycles. The summed E-state index contributed by atoms with van der Waals surface area (Å²) in [5.41, 5.74) is -1.71. The van der Waals surface area contributed by atoms with E-state index in [9.17, 15) is 22.8 Å². The zero-order chi connectivity index (χ0) is 20.1. The van der Waals surface area contributed by atoms with Gasteiger partial charge >= 0.3 is 6.18 Å². The van der Waals surface area contributed by atoms with Crippen LogP contribution in [0.15, 0.2) is 76.3 Å². The van der Waals surface area contributed by atoms with E-state index in [1.165, 1.54) is 17.4 Å². The van der Waals surface area contributed by atoms with Gasteiger partial charge in [-0.3, -0.25) is 9.59 Å². The van der Waals surface area contributed by atoms with E-state index < -0.39 is 29.8 Å². The van der Waals surface area contributed by atoms with Gasteiger partial charge in [-0.05, 0) is 29.8 Å². The molecule has 3 aromatic rings. The molecule has 0 aliphatic heterocycles. The Labute approximate surface area is 158 Å².